The molecule has 17 heavy (non-hydrogen) atoms. The third-order valence-corrected chi connectivity index (χ3v) is 4.54. The maximum absolute atomic E-state index is 3.64. The average Bonchev–Trinajstić information content (AvgIpc) is 2.63. The van der Waals surface area contributed by atoms with Crippen molar-refractivity contribution in [3.63, 3.8) is 0 Å². The molecule has 1 N–H and O–H groups in total. The van der Waals surface area contributed by atoms with Gasteiger partial charge in [0.05, 0.1) is 0 Å². The van der Waals surface area contributed by atoms with E-state index in [9.17, 15) is 0 Å². The van der Waals surface area contributed by atoms with Gasteiger partial charge in [0, 0.05) is 41.0 Å². The number of nitrogens with one attached hydrogen (secondary N) is 1. The van der Waals surface area contributed by atoms with E-state index >= 15 is 0 Å². The summed E-state index contributed by atoms with van der Waals surface area (Å²) in [7, 11) is 0. The first-order valence-corrected chi connectivity index (χ1v) is 7.36. The molecular formula is C14H24N2S. The van der Waals surface area contributed by atoms with Crippen LogP contribution in [0.5, 0.6) is 0 Å². The fourth-order valence-electron chi connectivity index (χ4n) is 2.57. The molecule has 0 spiro atoms. The fraction of sp³-hybridized carbons (Fsp3) is 0.714. The maximum atomic E-state index is 3.64. The molecule has 2 rings (SSSR count). The number of piperazine rings is 1. The van der Waals surface area contributed by atoms with Crippen molar-refractivity contribution >= 4 is 11.3 Å². The SMILES string of the molecule is CCC1CNC(C)(C)CN1Cc1ccc(C)s1. The molecule has 0 amide bonds. The Bertz CT molecular complexity index is 370. The standard InChI is InChI=1S/C14H24N2S/c1-5-12-8-15-14(3,4)10-16(12)9-13-7-6-11(2)17-13/h6-7,12,15H,5,8-10H2,1-4H3. The quantitative estimate of drug-likeness (QED) is 0.889. The summed E-state index contributed by atoms with van der Waals surface area (Å²) in [5.41, 5.74) is 0.248. The van der Waals surface area contributed by atoms with E-state index in [0.717, 1.165) is 19.6 Å². The van der Waals surface area contributed by atoms with Crippen LogP contribution in [-0.4, -0.2) is 29.6 Å². The van der Waals surface area contributed by atoms with Crippen LogP contribution in [0.15, 0.2) is 12.1 Å². The van der Waals surface area contributed by atoms with E-state index in [1.807, 2.05) is 11.3 Å². The van der Waals surface area contributed by atoms with Gasteiger partial charge in [0.1, 0.15) is 0 Å². The van der Waals surface area contributed by atoms with Crippen LogP contribution in [0.3, 0.4) is 0 Å². The predicted octanol–water partition coefficient (Wildman–Crippen LogP) is 3.02. The molecular weight excluding hydrogens is 228 g/mol. The van der Waals surface area contributed by atoms with E-state index in [1.54, 1.807) is 0 Å². The molecule has 1 aliphatic heterocycles. The minimum absolute atomic E-state index is 0.248. The molecule has 1 saturated heterocycles. The highest BCUT2D eigenvalue weighted by Crippen LogP contribution is 2.23. The van der Waals surface area contributed by atoms with E-state index < -0.39 is 0 Å². The average molecular weight is 252 g/mol. The monoisotopic (exact) mass is 252 g/mol. The number of aryl methyl sites for hydroxylation is 1. The van der Waals surface area contributed by atoms with Crippen LogP contribution in [0, 0.1) is 6.92 Å². The molecule has 2 nitrogen and oxygen atoms in total. The molecule has 0 bridgehead atoms. The summed E-state index contributed by atoms with van der Waals surface area (Å²) >= 11 is 1.93. The van der Waals surface area contributed by atoms with Crippen molar-refractivity contribution < 1.29 is 0 Å². The molecule has 1 aromatic heterocycles. The van der Waals surface area contributed by atoms with Crippen LogP contribution in [-0.2, 0) is 6.54 Å². The van der Waals surface area contributed by atoms with Crippen LogP contribution in [0.25, 0.3) is 0 Å². The first-order valence-electron chi connectivity index (χ1n) is 6.54. The highest BCUT2D eigenvalue weighted by atomic mass is 32.1. The van der Waals surface area contributed by atoms with Gasteiger partial charge in [0.15, 0.2) is 0 Å². The maximum Gasteiger partial charge on any atom is 0.0332 e. The Kier molecular flexibility index (Phi) is 3.91. The fourth-order valence-corrected chi connectivity index (χ4v) is 3.49. The van der Waals surface area contributed by atoms with Gasteiger partial charge in [0.25, 0.3) is 0 Å². The molecule has 2 heterocycles. The third kappa shape index (κ3) is 3.30. The zero-order chi connectivity index (χ0) is 12.5. The minimum atomic E-state index is 0.248. The van der Waals surface area contributed by atoms with E-state index in [4.69, 9.17) is 0 Å². The van der Waals surface area contributed by atoms with Crippen LogP contribution in [0.4, 0.5) is 0 Å². The lowest BCUT2D eigenvalue weighted by Crippen LogP contribution is -2.60. The molecule has 0 aliphatic carbocycles. The molecule has 1 aromatic rings. The van der Waals surface area contributed by atoms with Crippen molar-refractivity contribution in [1.29, 1.82) is 0 Å². The topological polar surface area (TPSA) is 15.3 Å². The lowest BCUT2D eigenvalue weighted by molar-refractivity contribution is 0.0868. The first kappa shape index (κ1) is 13.1. The number of rotatable bonds is 3. The van der Waals surface area contributed by atoms with E-state index in [0.29, 0.717) is 6.04 Å². The van der Waals surface area contributed by atoms with Crippen molar-refractivity contribution in [3.05, 3.63) is 21.9 Å². The Morgan fingerprint density at radius 2 is 2.24 bits per heavy atom. The Morgan fingerprint density at radius 3 is 2.82 bits per heavy atom. The summed E-state index contributed by atoms with van der Waals surface area (Å²) < 4.78 is 0. The molecule has 3 heteroatoms. The van der Waals surface area contributed by atoms with Gasteiger partial charge in [-0.2, -0.15) is 0 Å². The summed E-state index contributed by atoms with van der Waals surface area (Å²) in [5.74, 6) is 0. The molecule has 1 aliphatic rings. The third-order valence-electron chi connectivity index (χ3n) is 3.56. The zero-order valence-electron chi connectivity index (χ0n) is 11.4. The van der Waals surface area contributed by atoms with Crippen molar-refractivity contribution in [2.45, 2.75) is 52.2 Å². The normalized spacial score (nSPS) is 25.1. The molecule has 1 fully saturated rings. The summed E-state index contributed by atoms with van der Waals surface area (Å²) in [6, 6.07) is 5.20. The van der Waals surface area contributed by atoms with Crippen LogP contribution >= 0.6 is 11.3 Å². The van der Waals surface area contributed by atoms with E-state index in [2.05, 4.69) is 50.0 Å². The number of nitrogens with zero attached hydrogens (tertiary/aromatic N) is 1. The molecule has 0 radical (unpaired) electrons. The Hall–Kier alpha value is -0.380. The second-order valence-electron chi connectivity index (χ2n) is 5.74. The first-order chi connectivity index (χ1) is 8.00. The Morgan fingerprint density at radius 1 is 1.47 bits per heavy atom. The van der Waals surface area contributed by atoms with Crippen LogP contribution < -0.4 is 5.32 Å². The van der Waals surface area contributed by atoms with Gasteiger partial charge < -0.3 is 5.32 Å². The predicted molar refractivity (Wildman–Crippen MR) is 75.6 cm³/mol. The number of hydrogen-bond acceptors (Lipinski definition) is 3. The Balaban J connectivity index is 2.05. The largest absolute Gasteiger partial charge is 0.309 e. The molecule has 96 valence electrons. The highest BCUT2D eigenvalue weighted by Gasteiger charge is 2.31. The summed E-state index contributed by atoms with van der Waals surface area (Å²) in [6.07, 6.45) is 1.23. The van der Waals surface area contributed by atoms with E-state index in [-0.39, 0.29) is 5.54 Å². The summed E-state index contributed by atoms with van der Waals surface area (Å²) in [6.45, 7) is 12.4. The van der Waals surface area contributed by atoms with Crippen LogP contribution in [0.1, 0.15) is 36.9 Å². The second kappa shape index (κ2) is 5.09. The molecule has 1 atom stereocenters. The van der Waals surface area contributed by atoms with Crippen LogP contribution in [0.2, 0.25) is 0 Å². The number of hydrogen-bond donors (Lipinski definition) is 1. The van der Waals surface area contributed by atoms with Gasteiger partial charge in [-0.1, -0.05) is 6.92 Å². The van der Waals surface area contributed by atoms with Gasteiger partial charge in [-0.3, -0.25) is 4.90 Å². The highest BCUT2D eigenvalue weighted by molar-refractivity contribution is 7.11. The van der Waals surface area contributed by atoms with Gasteiger partial charge in [-0.25, -0.2) is 0 Å². The van der Waals surface area contributed by atoms with Crippen molar-refractivity contribution in [2.24, 2.45) is 0 Å². The Labute approximate surface area is 109 Å². The molecule has 0 saturated carbocycles. The summed E-state index contributed by atoms with van der Waals surface area (Å²) in [5, 5.41) is 3.64. The lowest BCUT2D eigenvalue weighted by Gasteiger charge is -2.44. The second-order valence-corrected chi connectivity index (χ2v) is 7.12. The summed E-state index contributed by atoms with van der Waals surface area (Å²) in [4.78, 5) is 5.56. The van der Waals surface area contributed by atoms with E-state index in [1.165, 1.54) is 16.2 Å². The smallest absolute Gasteiger partial charge is 0.0332 e. The molecule has 1 unspecified atom stereocenters. The van der Waals surface area contributed by atoms with Gasteiger partial charge in [-0.05, 0) is 39.3 Å². The van der Waals surface area contributed by atoms with Gasteiger partial charge in [-0.15, -0.1) is 11.3 Å². The van der Waals surface area contributed by atoms with Gasteiger partial charge in [0.2, 0.25) is 0 Å². The van der Waals surface area contributed by atoms with Crippen molar-refractivity contribution in [3.8, 4) is 0 Å². The lowest BCUT2D eigenvalue weighted by atomic mass is 9.97. The zero-order valence-corrected chi connectivity index (χ0v) is 12.2. The van der Waals surface area contributed by atoms with Gasteiger partial charge >= 0.3 is 0 Å². The van der Waals surface area contributed by atoms with Crippen molar-refractivity contribution in [1.82, 2.24) is 10.2 Å². The number of thiophene rings is 1. The minimum Gasteiger partial charge on any atom is -0.309 e. The molecule has 0 aromatic carbocycles. The van der Waals surface area contributed by atoms with Crippen molar-refractivity contribution in [2.75, 3.05) is 13.1 Å².